The van der Waals surface area contributed by atoms with Gasteiger partial charge in [0.2, 0.25) is 0 Å². The largest absolute Gasteiger partial charge is 0.469 e. The molecule has 0 spiro atoms. The molecule has 0 aliphatic rings. The quantitative estimate of drug-likeness (QED) is 0.519. The average Bonchev–Trinajstić information content (AvgIpc) is 2.16. The highest BCUT2D eigenvalue weighted by molar-refractivity contribution is 8.93. The van der Waals surface area contributed by atoms with E-state index >= 15 is 0 Å². The van der Waals surface area contributed by atoms with Crippen molar-refractivity contribution >= 4 is 23.0 Å². The maximum absolute atomic E-state index is 11.0. The van der Waals surface area contributed by atoms with Crippen molar-refractivity contribution in [3.05, 3.63) is 0 Å². The van der Waals surface area contributed by atoms with Gasteiger partial charge in [0.05, 0.1) is 13.0 Å². The Kier molecular flexibility index (Phi) is 12.9. The first-order chi connectivity index (χ1) is 6.22. The molecule has 0 aromatic carbocycles. The maximum Gasteiger partial charge on any atom is 0.308 e. The summed E-state index contributed by atoms with van der Waals surface area (Å²) in [6.45, 7) is 4.14. The number of carbonyl (C=O) groups excluding carboxylic acids is 1. The molecule has 0 heterocycles. The Labute approximate surface area is 98.2 Å². The summed E-state index contributed by atoms with van der Waals surface area (Å²) in [5, 5.41) is 0. The summed E-state index contributed by atoms with van der Waals surface area (Å²) < 4.78 is 4.65. The molecule has 0 aromatic heterocycles. The summed E-state index contributed by atoms with van der Waals surface area (Å²) in [6, 6.07) is 0. The molecule has 0 rings (SSSR count). The smallest absolute Gasteiger partial charge is 0.308 e. The van der Waals surface area contributed by atoms with Crippen molar-refractivity contribution in [3.63, 3.8) is 0 Å². The van der Waals surface area contributed by atoms with Gasteiger partial charge in [-0.2, -0.15) is 0 Å². The summed E-state index contributed by atoms with van der Waals surface area (Å²) >= 11 is 0. The number of halogens is 1. The van der Waals surface area contributed by atoms with E-state index in [9.17, 15) is 4.79 Å². The lowest BCUT2D eigenvalue weighted by atomic mass is 10.0. The Morgan fingerprint density at radius 1 is 1.21 bits per heavy atom. The van der Waals surface area contributed by atoms with Crippen LogP contribution in [0.15, 0.2) is 0 Å². The van der Waals surface area contributed by atoms with Gasteiger partial charge in [0.1, 0.15) is 0 Å². The van der Waals surface area contributed by atoms with Gasteiger partial charge in [0, 0.05) is 0 Å². The highest BCUT2D eigenvalue weighted by Gasteiger charge is 2.11. The Morgan fingerprint density at radius 2 is 1.79 bits per heavy atom. The number of hydrogen-bond acceptors (Lipinski definition) is 2. The second-order valence-corrected chi connectivity index (χ2v) is 3.63. The summed E-state index contributed by atoms with van der Waals surface area (Å²) in [7, 11) is 1.45. The van der Waals surface area contributed by atoms with Crippen LogP contribution in [0.4, 0.5) is 0 Å². The molecule has 0 fully saturated rings. The van der Waals surface area contributed by atoms with Crippen LogP contribution in [0.2, 0.25) is 0 Å². The third kappa shape index (κ3) is 8.54. The monoisotopic (exact) mass is 266 g/mol. The van der Waals surface area contributed by atoms with Gasteiger partial charge in [-0.3, -0.25) is 4.79 Å². The van der Waals surface area contributed by atoms with Gasteiger partial charge in [-0.05, 0) is 6.42 Å². The number of ether oxygens (including phenoxy) is 1. The fraction of sp³-hybridized carbons (Fsp3) is 0.909. The van der Waals surface area contributed by atoms with Crippen molar-refractivity contribution in [2.75, 3.05) is 7.11 Å². The summed E-state index contributed by atoms with van der Waals surface area (Å²) in [6.07, 6.45) is 7.24. The van der Waals surface area contributed by atoms with E-state index in [0.717, 1.165) is 12.8 Å². The molecule has 1 atom stereocenters. The van der Waals surface area contributed by atoms with Crippen molar-refractivity contribution in [3.8, 4) is 0 Å². The fourth-order valence-electron chi connectivity index (χ4n) is 1.37. The highest BCUT2D eigenvalue weighted by atomic mass is 79.9. The maximum atomic E-state index is 11.0. The summed E-state index contributed by atoms with van der Waals surface area (Å²) in [4.78, 5) is 11.0. The standard InChI is InChI=1S/C11H22O2.BrH/c1-4-5-6-7-8-9-10(2)11(12)13-3;/h10H,4-9H2,1-3H3;1H/t10-;/m0./s1. The first-order valence-electron chi connectivity index (χ1n) is 5.30. The van der Waals surface area contributed by atoms with Crippen LogP contribution in [-0.4, -0.2) is 13.1 Å². The van der Waals surface area contributed by atoms with Crippen LogP contribution in [0.3, 0.4) is 0 Å². The molecule has 2 nitrogen and oxygen atoms in total. The number of unbranched alkanes of at least 4 members (excludes halogenated alkanes) is 4. The molecule has 0 unspecified atom stereocenters. The third-order valence-electron chi connectivity index (χ3n) is 2.34. The zero-order valence-corrected chi connectivity index (χ0v) is 11.3. The van der Waals surface area contributed by atoms with E-state index in [1.54, 1.807) is 0 Å². The zero-order valence-electron chi connectivity index (χ0n) is 9.54. The zero-order chi connectivity index (χ0) is 10.1. The normalized spacial score (nSPS) is 11.6. The van der Waals surface area contributed by atoms with Gasteiger partial charge in [0.25, 0.3) is 0 Å². The molecular formula is C11H23BrO2. The van der Waals surface area contributed by atoms with E-state index < -0.39 is 0 Å². The van der Waals surface area contributed by atoms with Gasteiger partial charge >= 0.3 is 5.97 Å². The number of esters is 1. The third-order valence-corrected chi connectivity index (χ3v) is 2.34. The van der Waals surface area contributed by atoms with Crippen LogP contribution in [0.25, 0.3) is 0 Å². The summed E-state index contributed by atoms with van der Waals surface area (Å²) in [5.74, 6) is 0.00196. The molecule has 0 N–H and O–H groups in total. The van der Waals surface area contributed by atoms with E-state index in [2.05, 4.69) is 11.7 Å². The molecule has 0 amide bonds. The average molecular weight is 267 g/mol. The Morgan fingerprint density at radius 3 is 2.29 bits per heavy atom. The minimum atomic E-state index is -0.0736. The van der Waals surface area contributed by atoms with Crippen molar-refractivity contribution in [1.29, 1.82) is 0 Å². The second kappa shape index (κ2) is 11.0. The molecule has 86 valence electrons. The van der Waals surface area contributed by atoms with Crippen LogP contribution in [-0.2, 0) is 9.53 Å². The lowest BCUT2D eigenvalue weighted by molar-refractivity contribution is -0.145. The molecule has 0 saturated heterocycles. The van der Waals surface area contributed by atoms with Crippen LogP contribution in [0.5, 0.6) is 0 Å². The number of hydrogen-bond donors (Lipinski definition) is 0. The molecular weight excluding hydrogens is 244 g/mol. The molecule has 0 radical (unpaired) electrons. The molecule has 3 heteroatoms. The minimum absolute atomic E-state index is 0. The van der Waals surface area contributed by atoms with Crippen molar-refractivity contribution in [2.24, 2.45) is 5.92 Å². The van der Waals surface area contributed by atoms with Crippen LogP contribution < -0.4 is 0 Å². The number of methoxy groups -OCH3 is 1. The lowest BCUT2D eigenvalue weighted by Gasteiger charge is -2.07. The molecule has 0 saturated carbocycles. The van der Waals surface area contributed by atoms with Gasteiger partial charge in [-0.1, -0.05) is 46.0 Å². The van der Waals surface area contributed by atoms with Crippen molar-refractivity contribution < 1.29 is 9.53 Å². The van der Waals surface area contributed by atoms with E-state index in [-0.39, 0.29) is 28.9 Å². The SMILES string of the molecule is Br.CCCCCCC[C@H](C)C(=O)OC. The summed E-state index contributed by atoms with van der Waals surface area (Å²) in [5.41, 5.74) is 0. The van der Waals surface area contributed by atoms with E-state index in [4.69, 9.17) is 0 Å². The van der Waals surface area contributed by atoms with Crippen molar-refractivity contribution in [1.82, 2.24) is 0 Å². The predicted octanol–water partition coefficient (Wildman–Crippen LogP) is 3.73. The van der Waals surface area contributed by atoms with Gasteiger partial charge in [0.15, 0.2) is 0 Å². The minimum Gasteiger partial charge on any atom is -0.469 e. The van der Waals surface area contributed by atoms with Crippen molar-refractivity contribution in [2.45, 2.75) is 52.4 Å². The first kappa shape index (κ1) is 16.4. The Bertz CT molecular complexity index is 137. The van der Waals surface area contributed by atoms with Crippen LogP contribution in [0.1, 0.15) is 52.4 Å². The van der Waals surface area contributed by atoms with E-state index in [1.807, 2.05) is 6.92 Å². The highest BCUT2D eigenvalue weighted by Crippen LogP contribution is 2.12. The van der Waals surface area contributed by atoms with Gasteiger partial charge in [-0.25, -0.2) is 0 Å². The Hall–Kier alpha value is -0.0500. The molecule has 0 bridgehead atoms. The molecule has 0 aromatic rings. The second-order valence-electron chi connectivity index (χ2n) is 3.63. The number of carbonyl (C=O) groups is 1. The van der Waals surface area contributed by atoms with E-state index in [1.165, 1.54) is 32.8 Å². The van der Waals surface area contributed by atoms with E-state index in [0.29, 0.717) is 0 Å². The molecule has 0 aliphatic carbocycles. The number of rotatable bonds is 7. The first-order valence-corrected chi connectivity index (χ1v) is 5.30. The lowest BCUT2D eigenvalue weighted by Crippen LogP contribution is -2.12. The predicted molar refractivity (Wildman–Crippen MR) is 64.9 cm³/mol. The topological polar surface area (TPSA) is 26.3 Å². The fourth-order valence-corrected chi connectivity index (χ4v) is 1.37. The van der Waals surface area contributed by atoms with Gasteiger partial charge < -0.3 is 4.74 Å². The van der Waals surface area contributed by atoms with Crippen LogP contribution in [0, 0.1) is 5.92 Å². The van der Waals surface area contributed by atoms with Crippen LogP contribution >= 0.6 is 17.0 Å². The Balaban J connectivity index is 0. The molecule has 0 aliphatic heterocycles. The van der Waals surface area contributed by atoms with Gasteiger partial charge in [-0.15, -0.1) is 17.0 Å². The molecule has 14 heavy (non-hydrogen) atoms.